The minimum absolute atomic E-state index is 0.0486. The van der Waals surface area contributed by atoms with Gasteiger partial charge >= 0.3 is 0 Å². The average Bonchev–Trinajstić information content (AvgIpc) is 3.25. The third-order valence-electron chi connectivity index (χ3n) is 4.81. The second-order valence-corrected chi connectivity index (χ2v) is 6.68. The average molecular weight is 367 g/mol. The number of anilines is 1. The van der Waals surface area contributed by atoms with E-state index in [4.69, 9.17) is 4.74 Å². The number of benzene rings is 1. The van der Waals surface area contributed by atoms with Crippen molar-refractivity contribution in [2.24, 2.45) is 0 Å². The van der Waals surface area contributed by atoms with E-state index in [1.54, 1.807) is 12.1 Å². The van der Waals surface area contributed by atoms with Crippen LogP contribution in [0.2, 0.25) is 0 Å². The summed E-state index contributed by atoms with van der Waals surface area (Å²) >= 11 is 0. The number of hydrogen-bond acceptors (Lipinski definition) is 3. The number of halogens is 1. The highest BCUT2D eigenvalue weighted by Gasteiger charge is 2.19. The minimum atomic E-state index is -0.633. The van der Waals surface area contributed by atoms with Gasteiger partial charge in [-0.15, -0.1) is 0 Å². The molecule has 5 nitrogen and oxygen atoms in total. The third kappa shape index (κ3) is 4.26. The van der Waals surface area contributed by atoms with Gasteiger partial charge in [-0.3, -0.25) is 4.79 Å². The molecule has 1 amide bonds. The number of nitriles is 1. The van der Waals surface area contributed by atoms with Gasteiger partial charge < -0.3 is 14.6 Å². The van der Waals surface area contributed by atoms with Gasteiger partial charge in [0.15, 0.2) is 0 Å². The summed E-state index contributed by atoms with van der Waals surface area (Å²) in [6.45, 7) is 5.50. The molecule has 2 heterocycles. The highest BCUT2D eigenvalue weighted by molar-refractivity contribution is 6.09. The number of nitrogens with zero attached hydrogens (tertiary/aromatic N) is 2. The Morgan fingerprint density at radius 3 is 2.89 bits per heavy atom. The Hall–Kier alpha value is -2.91. The summed E-state index contributed by atoms with van der Waals surface area (Å²) in [5.74, 6) is -1.18. The van der Waals surface area contributed by atoms with Crippen LogP contribution in [0.5, 0.6) is 0 Å². The second-order valence-electron chi connectivity index (χ2n) is 6.68. The fraction of sp³-hybridized carbons (Fsp3) is 0.333. The van der Waals surface area contributed by atoms with Crippen LogP contribution in [0.4, 0.5) is 10.1 Å². The van der Waals surface area contributed by atoms with Crippen LogP contribution in [0.3, 0.4) is 0 Å². The van der Waals surface area contributed by atoms with Crippen molar-refractivity contribution in [3.05, 3.63) is 58.7 Å². The molecule has 27 heavy (non-hydrogen) atoms. The highest BCUT2D eigenvalue weighted by atomic mass is 19.1. The van der Waals surface area contributed by atoms with Gasteiger partial charge in [0.05, 0.1) is 11.8 Å². The maximum Gasteiger partial charge on any atom is 0.266 e. The molecule has 0 saturated carbocycles. The van der Waals surface area contributed by atoms with E-state index in [1.165, 1.54) is 18.2 Å². The van der Waals surface area contributed by atoms with Crippen LogP contribution < -0.4 is 5.32 Å². The zero-order chi connectivity index (χ0) is 19.4. The first kappa shape index (κ1) is 18.9. The van der Waals surface area contributed by atoms with Crippen LogP contribution in [0, 0.1) is 31.0 Å². The monoisotopic (exact) mass is 367 g/mol. The molecule has 0 spiro atoms. The van der Waals surface area contributed by atoms with E-state index < -0.39 is 11.7 Å². The molecule has 2 aromatic rings. The zero-order valence-electron chi connectivity index (χ0n) is 15.5. The van der Waals surface area contributed by atoms with E-state index in [2.05, 4.69) is 9.88 Å². The lowest BCUT2D eigenvalue weighted by Gasteiger charge is -2.14. The molecule has 1 aromatic heterocycles. The van der Waals surface area contributed by atoms with Crippen molar-refractivity contribution in [3.8, 4) is 6.07 Å². The summed E-state index contributed by atoms with van der Waals surface area (Å²) < 4.78 is 21.6. The smallest absolute Gasteiger partial charge is 0.266 e. The number of carbonyl (C=O) groups is 1. The maximum atomic E-state index is 13.7. The first-order valence-electron chi connectivity index (χ1n) is 8.95. The summed E-state index contributed by atoms with van der Waals surface area (Å²) in [5.41, 5.74) is 2.78. The predicted molar refractivity (Wildman–Crippen MR) is 101 cm³/mol. The molecule has 1 N–H and O–H groups in total. The fourth-order valence-electron chi connectivity index (χ4n) is 3.30. The summed E-state index contributed by atoms with van der Waals surface area (Å²) in [6, 6.07) is 9.72. The fourth-order valence-corrected chi connectivity index (χ4v) is 3.30. The molecule has 6 heteroatoms. The Labute approximate surface area is 158 Å². The van der Waals surface area contributed by atoms with E-state index in [0.29, 0.717) is 0 Å². The molecule has 0 radical (unpaired) electrons. The first-order chi connectivity index (χ1) is 13.0. The Morgan fingerprint density at radius 2 is 2.22 bits per heavy atom. The summed E-state index contributed by atoms with van der Waals surface area (Å²) in [4.78, 5) is 12.4. The molecule has 0 bridgehead atoms. The lowest BCUT2D eigenvalue weighted by atomic mass is 10.1. The number of amides is 1. The SMILES string of the molecule is Cc1cc(/C=C(\C#N)C(=O)Nc2ccccc2F)c(C)n1C[C@H]1CCCO1. The molecule has 0 unspecified atom stereocenters. The van der Waals surface area contributed by atoms with Crippen LogP contribution in [0.15, 0.2) is 35.9 Å². The number of rotatable bonds is 5. The highest BCUT2D eigenvalue weighted by Crippen LogP contribution is 2.22. The number of ether oxygens (including phenoxy) is 1. The van der Waals surface area contributed by atoms with E-state index in [1.807, 2.05) is 26.0 Å². The summed E-state index contributed by atoms with van der Waals surface area (Å²) in [6.07, 6.45) is 3.86. The first-order valence-corrected chi connectivity index (χ1v) is 8.95. The molecule has 1 aliphatic rings. The lowest BCUT2D eigenvalue weighted by molar-refractivity contribution is -0.112. The number of aryl methyl sites for hydroxylation is 1. The maximum absolute atomic E-state index is 13.7. The van der Waals surface area contributed by atoms with E-state index in [9.17, 15) is 14.4 Å². The molecule has 3 rings (SSSR count). The summed E-state index contributed by atoms with van der Waals surface area (Å²) in [7, 11) is 0. The zero-order valence-corrected chi connectivity index (χ0v) is 15.5. The Bertz CT molecular complexity index is 918. The molecular weight excluding hydrogens is 345 g/mol. The molecule has 140 valence electrons. The number of para-hydroxylation sites is 1. The van der Waals surface area contributed by atoms with Crippen molar-refractivity contribution >= 4 is 17.7 Å². The van der Waals surface area contributed by atoms with Crippen molar-refractivity contribution in [2.45, 2.75) is 39.3 Å². The quantitative estimate of drug-likeness (QED) is 0.642. The van der Waals surface area contributed by atoms with Gasteiger partial charge in [-0.25, -0.2) is 4.39 Å². The molecule has 1 saturated heterocycles. The third-order valence-corrected chi connectivity index (χ3v) is 4.81. The molecule has 1 fully saturated rings. The van der Waals surface area contributed by atoms with Gasteiger partial charge in [-0.1, -0.05) is 12.1 Å². The minimum Gasteiger partial charge on any atom is -0.376 e. The van der Waals surface area contributed by atoms with Crippen LogP contribution in [0.25, 0.3) is 6.08 Å². The molecular formula is C21H22FN3O2. The van der Waals surface area contributed by atoms with E-state index >= 15 is 0 Å². The van der Waals surface area contributed by atoms with Crippen LogP contribution in [-0.4, -0.2) is 23.2 Å². The van der Waals surface area contributed by atoms with Crippen molar-refractivity contribution in [1.29, 1.82) is 5.26 Å². The topological polar surface area (TPSA) is 67.0 Å². The Morgan fingerprint density at radius 1 is 1.44 bits per heavy atom. The normalized spacial score (nSPS) is 17.0. The molecule has 1 aliphatic heterocycles. The van der Waals surface area contributed by atoms with Crippen LogP contribution in [-0.2, 0) is 16.1 Å². The second kappa shape index (κ2) is 8.19. The standard InChI is InChI=1S/C21H22FN3O2/c1-14-10-16(15(2)25(14)13-18-6-5-9-27-18)11-17(12-23)21(26)24-20-8-4-3-7-19(20)22/h3-4,7-8,10-11,18H,5-6,9,13H2,1-2H3,(H,24,26)/b17-11+/t18-/m1/s1. The van der Waals surface area contributed by atoms with Gasteiger partial charge in [0.2, 0.25) is 0 Å². The van der Waals surface area contributed by atoms with Crippen LogP contribution >= 0.6 is 0 Å². The summed E-state index contributed by atoms with van der Waals surface area (Å²) in [5, 5.41) is 11.9. The molecule has 0 aliphatic carbocycles. The van der Waals surface area contributed by atoms with Gasteiger partial charge in [0.1, 0.15) is 17.5 Å². The number of nitrogens with one attached hydrogen (secondary N) is 1. The molecule has 1 aromatic carbocycles. The van der Waals surface area contributed by atoms with Crippen molar-refractivity contribution < 1.29 is 13.9 Å². The van der Waals surface area contributed by atoms with Gasteiger partial charge in [-0.2, -0.15) is 5.26 Å². The largest absolute Gasteiger partial charge is 0.376 e. The molecule has 1 atom stereocenters. The van der Waals surface area contributed by atoms with E-state index in [0.717, 1.165) is 42.9 Å². The van der Waals surface area contributed by atoms with Crippen molar-refractivity contribution in [2.75, 3.05) is 11.9 Å². The van der Waals surface area contributed by atoms with Gasteiger partial charge in [-0.05, 0) is 56.5 Å². The number of aromatic nitrogens is 1. The van der Waals surface area contributed by atoms with Crippen molar-refractivity contribution in [3.63, 3.8) is 0 Å². The number of carbonyl (C=O) groups excluding carboxylic acids is 1. The lowest BCUT2D eigenvalue weighted by Crippen LogP contribution is -2.17. The van der Waals surface area contributed by atoms with Crippen molar-refractivity contribution in [1.82, 2.24) is 4.57 Å². The van der Waals surface area contributed by atoms with Crippen LogP contribution in [0.1, 0.15) is 29.8 Å². The van der Waals surface area contributed by atoms with Gasteiger partial charge in [0.25, 0.3) is 5.91 Å². The Balaban J connectivity index is 1.82. The van der Waals surface area contributed by atoms with Gasteiger partial charge in [0, 0.05) is 24.5 Å². The predicted octanol–water partition coefficient (Wildman–Crippen LogP) is 3.97. The Kier molecular flexibility index (Phi) is 5.72. The number of hydrogen-bond donors (Lipinski definition) is 1. The van der Waals surface area contributed by atoms with E-state index in [-0.39, 0.29) is 17.4 Å².